The van der Waals surface area contributed by atoms with E-state index in [4.69, 9.17) is 14.7 Å². The Kier molecular flexibility index (Phi) is 8.09. The first-order valence-electron chi connectivity index (χ1n) is 15.9. The number of sulfonamides is 1. The molecule has 50 heavy (non-hydrogen) atoms. The van der Waals surface area contributed by atoms with Crippen molar-refractivity contribution in [2.45, 2.75) is 35.9 Å². The maximum absolute atomic E-state index is 16.4. The summed E-state index contributed by atoms with van der Waals surface area (Å²) in [5, 5.41) is 3.91. The number of thiazole rings is 1. The zero-order valence-electron chi connectivity index (χ0n) is 26.6. The molecule has 3 saturated heterocycles. The summed E-state index contributed by atoms with van der Waals surface area (Å²) >= 11 is 1.31. The quantitative estimate of drug-likeness (QED) is 0.270. The van der Waals surface area contributed by atoms with Crippen molar-refractivity contribution >= 4 is 48.0 Å². The van der Waals surface area contributed by atoms with Crippen LogP contribution in [0.5, 0.6) is 0 Å². The van der Waals surface area contributed by atoms with Gasteiger partial charge in [0, 0.05) is 36.3 Å². The number of nitrogens with one attached hydrogen (secondary N) is 2. The molecule has 2 bridgehead atoms. The summed E-state index contributed by atoms with van der Waals surface area (Å²) in [5.74, 6) is -2.90. The predicted molar refractivity (Wildman–Crippen MR) is 182 cm³/mol. The molecular formula is C32H32F3N7O5S3. The second kappa shape index (κ2) is 12.1. The van der Waals surface area contributed by atoms with Gasteiger partial charge in [0.25, 0.3) is 10.0 Å². The zero-order valence-corrected chi connectivity index (χ0v) is 29.1. The second-order valence-corrected chi connectivity index (χ2v) is 18.2. The SMILES string of the molecule is CN1CC2COCC(C1)N2c1nc(-c2cccc(NS(=O)(=O)c3c(F)cccc3F)c2F)c(-c2ccnc(NC3CC4(C3)CS(=O)(=O)C4)n2)s1. The van der Waals surface area contributed by atoms with Gasteiger partial charge in [0.2, 0.25) is 5.95 Å². The minimum Gasteiger partial charge on any atom is -0.377 e. The molecule has 2 unspecified atom stereocenters. The number of sulfone groups is 1. The van der Waals surface area contributed by atoms with Crippen LogP contribution < -0.4 is 14.9 Å². The molecule has 18 heteroatoms. The van der Waals surface area contributed by atoms with Gasteiger partial charge in [-0.1, -0.05) is 23.5 Å². The molecule has 5 heterocycles. The van der Waals surface area contributed by atoms with Crippen LogP contribution in [0.2, 0.25) is 0 Å². The topological polar surface area (TPSA) is 147 Å². The average molecular weight is 748 g/mol. The van der Waals surface area contributed by atoms with Gasteiger partial charge < -0.3 is 19.9 Å². The van der Waals surface area contributed by atoms with Crippen molar-refractivity contribution < 1.29 is 34.7 Å². The fourth-order valence-corrected chi connectivity index (χ4v) is 12.3. The van der Waals surface area contributed by atoms with E-state index in [1.165, 1.54) is 23.5 Å². The largest absolute Gasteiger partial charge is 0.377 e. The Hall–Kier alpha value is -3.84. The Bertz CT molecular complexity index is 2170. The first-order chi connectivity index (χ1) is 23.8. The van der Waals surface area contributed by atoms with E-state index < -0.39 is 47.9 Å². The zero-order chi connectivity index (χ0) is 35.0. The molecule has 12 nitrogen and oxygen atoms in total. The van der Waals surface area contributed by atoms with Crippen molar-refractivity contribution in [2.75, 3.05) is 59.8 Å². The Labute approximate surface area is 290 Å². The number of likely N-dealkylation sites (N-methyl/N-ethyl adjacent to an activating group) is 1. The van der Waals surface area contributed by atoms with E-state index in [1.54, 1.807) is 12.3 Å². The highest BCUT2D eigenvalue weighted by molar-refractivity contribution is 7.93. The number of anilines is 3. The number of fused-ring (bicyclic) bond motifs is 2. The lowest BCUT2D eigenvalue weighted by molar-refractivity contribution is 0.0228. The van der Waals surface area contributed by atoms with Gasteiger partial charge in [-0.2, -0.15) is 0 Å². The van der Waals surface area contributed by atoms with E-state index in [-0.39, 0.29) is 46.3 Å². The van der Waals surface area contributed by atoms with Crippen LogP contribution in [0.3, 0.4) is 0 Å². The van der Waals surface area contributed by atoms with Gasteiger partial charge in [-0.25, -0.2) is 45.0 Å². The molecule has 2 N–H and O–H groups in total. The summed E-state index contributed by atoms with van der Waals surface area (Å²) in [6.45, 7) is 2.42. The Morgan fingerprint density at radius 2 is 1.66 bits per heavy atom. The molecule has 1 spiro atoms. The standard InChI is InChI=1S/C32H32F3N7O5S3/c1-41-12-19-14-47-15-20(13-41)42(19)31-39-27(21-4-2-7-24(26(21)35)40-50(45,46)29-22(33)5-3-6-23(29)34)28(48-31)25-8-9-36-30(38-25)37-18-10-32(11-18)16-49(43,44)17-32/h2-9,18-20,40H,10-17H2,1H3,(H,36,37,38). The third-order valence-electron chi connectivity index (χ3n) is 9.61. The van der Waals surface area contributed by atoms with Gasteiger partial charge in [-0.3, -0.25) is 4.72 Å². The van der Waals surface area contributed by atoms with Crippen molar-refractivity contribution in [2.24, 2.45) is 5.41 Å². The van der Waals surface area contributed by atoms with Crippen molar-refractivity contribution in [1.29, 1.82) is 0 Å². The van der Waals surface area contributed by atoms with Crippen molar-refractivity contribution in [3.8, 4) is 21.8 Å². The van der Waals surface area contributed by atoms with E-state index in [0.717, 1.165) is 37.4 Å². The summed E-state index contributed by atoms with van der Waals surface area (Å²) in [7, 11) is -5.77. The molecule has 2 aromatic carbocycles. The monoisotopic (exact) mass is 747 g/mol. The molecule has 0 amide bonds. The third-order valence-corrected chi connectivity index (χ3v) is 14.2. The van der Waals surface area contributed by atoms with Crippen molar-refractivity contribution in [1.82, 2.24) is 19.9 Å². The lowest BCUT2D eigenvalue weighted by Gasteiger charge is -2.53. The van der Waals surface area contributed by atoms with Gasteiger partial charge in [0.15, 0.2) is 25.7 Å². The number of hydrogen-bond acceptors (Lipinski definition) is 12. The maximum atomic E-state index is 16.4. The highest BCUT2D eigenvalue weighted by atomic mass is 32.2. The van der Waals surface area contributed by atoms with Crippen LogP contribution >= 0.6 is 11.3 Å². The Morgan fingerprint density at radius 3 is 2.34 bits per heavy atom. The number of halogens is 3. The van der Waals surface area contributed by atoms with Gasteiger partial charge in [0.1, 0.15) is 11.6 Å². The van der Waals surface area contributed by atoms with Crippen LogP contribution in [0, 0.1) is 22.9 Å². The number of piperazine rings is 1. The van der Waals surface area contributed by atoms with Gasteiger partial charge >= 0.3 is 0 Å². The van der Waals surface area contributed by atoms with Gasteiger partial charge in [-0.05, 0) is 50.2 Å². The Morgan fingerprint density at radius 1 is 0.980 bits per heavy atom. The van der Waals surface area contributed by atoms with Gasteiger partial charge in [-0.15, -0.1) is 0 Å². The molecule has 4 fully saturated rings. The predicted octanol–water partition coefficient (Wildman–Crippen LogP) is 3.99. The number of benzene rings is 2. The summed E-state index contributed by atoms with van der Waals surface area (Å²) < 4.78 is 103. The molecule has 2 atom stereocenters. The number of morpholine rings is 1. The lowest BCUT2D eigenvalue weighted by Crippen LogP contribution is -2.64. The van der Waals surface area contributed by atoms with Crippen LogP contribution in [0.1, 0.15) is 12.8 Å². The van der Waals surface area contributed by atoms with E-state index >= 15 is 4.39 Å². The number of aromatic nitrogens is 3. The fraction of sp³-hybridized carbons (Fsp3) is 0.406. The highest BCUT2D eigenvalue weighted by Gasteiger charge is 2.56. The van der Waals surface area contributed by atoms with Crippen molar-refractivity contribution in [3.05, 3.63) is 66.1 Å². The molecule has 1 saturated carbocycles. The highest BCUT2D eigenvalue weighted by Crippen LogP contribution is 2.51. The smallest absolute Gasteiger partial charge is 0.267 e. The first-order valence-corrected chi connectivity index (χ1v) is 20.0. The Balaban J connectivity index is 1.16. The number of ether oxygens (including phenoxy) is 1. The van der Waals surface area contributed by atoms with Crippen LogP contribution in [0.15, 0.2) is 53.6 Å². The van der Waals surface area contributed by atoms with E-state index in [2.05, 4.69) is 20.1 Å². The van der Waals surface area contributed by atoms with Crippen LogP contribution in [0.25, 0.3) is 21.8 Å². The van der Waals surface area contributed by atoms with Crippen LogP contribution in [-0.4, -0.2) is 99.7 Å². The fourth-order valence-electron chi connectivity index (χ4n) is 7.64. The first kappa shape index (κ1) is 33.3. The molecule has 0 radical (unpaired) electrons. The molecule has 8 rings (SSSR count). The third kappa shape index (κ3) is 5.99. The molecule has 4 aromatic rings. The van der Waals surface area contributed by atoms with Crippen LogP contribution in [0.4, 0.5) is 29.9 Å². The van der Waals surface area contributed by atoms with E-state index in [1.807, 2.05) is 11.8 Å². The van der Waals surface area contributed by atoms with Gasteiger partial charge in [0.05, 0.1) is 58.8 Å². The molecule has 1 aliphatic carbocycles. The van der Waals surface area contributed by atoms with Crippen molar-refractivity contribution in [3.63, 3.8) is 0 Å². The summed E-state index contributed by atoms with van der Waals surface area (Å²) in [6, 6.07) is 8.33. The molecule has 2 aromatic heterocycles. The number of rotatable bonds is 8. The van der Waals surface area contributed by atoms with E-state index in [9.17, 15) is 25.6 Å². The molecule has 3 aliphatic heterocycles. The summed E-state index contributed by atoms with van der Waals surface area (Å²) in [4.78, 5) is 17.7. The average Bonchev–Trinajstić information content (AvgIpc) is 3.45. The summed E-state index contributed by atoms with van der Waals surface area (Å²) in [5.41, 5.74) is -0.105. The maximum Gasteiger partial charge on any atom is 0.267 e. The second-order valence-electron chi connectivity index (χ2n) is 13.5. The minimum atomic E-state index is -4.86. The summed E-state index contributed by atoms with van der Waals surface area (Å²) in [6.07, 6.45) is 2.95. The molecule has 4 aliphatic rings. The molecular weight excluding hydrogens is 716 g/mol. The van der Waals surface area contributed by atoms with Crippen LogP contribution in [-0.2, 0) is 24.6 Å². The minimum absolute atomic E-state index is 0.00314. The molecule has 264 valence electrons. The normalized spacial score (nSPS) is 22.9. The number of hydrogen-bond donors (Lipinski definition) is 2. The lowest BCUT2D eigenvalue weighted by atomic mass is 9.67. The van der Waals surface area contributed by atoms with E-state index in [0.29, 0.717) is 47.7 Å². The number of nitrogens with zero attached hydrogens (tertiary/aromatic N) is 5.